The van der Waals surface area contributed by atoms with E-state index in [0.29, 0.717) is 33.9 Å². The van der Waals surface area contributed by atoms with Gasteiger partial charge in [-0.1, -0.05) is 6.07 Å². The topological polar surface area (TPSA) is 114 Å². The Morgan fingerprint density at radius 1 is 1.29 bits per heavy atom. The summed E-state index contributed by atoms with van der Waals surface area (Å²) in [6.45, 7) is 0.359. The highest BCUT2D eigenvalue weighted by Gasteiger charge is 2.27. The molecule has 1 aliphatic carbocycles. The van der Waals surface area contributed by atoms with Gasteiger partial charge in [0, 0.05) is 17.4 Å². The molecule has 0 aromatic heterocycles. The Kier molecular flexibility index (Phi) is 5.39. The average molecular weight is 399 g/mol. The van der Waals surface area contributed by atoms with Gasteiger partial charge < -0.3 is 25.5 Å². The summed E-state index contributed by atoms with van der Waals surface area (Å²) >= 11 is 0. The van der Waals surface area contributed by atoms with Gasteiger partial charge in [-0.2, -0.15) is 0 Å². The summed E-state index contributed by atoms with van der Waals surface area (Å²) in [7, 11) is -2.55. The SMILES string of the molecule is Nc1ccc(S(=O)Nc2ccc3c(c2)B(O)OC3)c(CC(=O)NC2CCC2)c1. The van der Waals surface area contributed by atoms with Gasteiger partial charge in [-0.05, 0) is 66.2 Å². The van der Waals surface area contributed by atoms with Gasteiger partial charge >= 0.3 is 7.12 Å². The molecule has 4 rings (SSSR count). The van der Waals surface area contributed by atoms with Crippen molar-refractivity contribution in [2.24, 2.45) is 0 Å². The molecule has 5 N–H and O–H groups in total. The number of amides is 1. The second-order valence-electron chi connectivity index (χ2n) is 7.19. The summed E-state index contributed by atoms with van der Waals surface area (Å²) in [4.78, 5) is 12.8. The minimum atomic E-state index is -1.59. The molecule has 9 heteroatoms. The van der Waals surface area contributed by atoms with Crippen molar-refractivity contribution in [1.29, 1.82) is 0 Å². The lowest BCUT2D eigenvalue weighted by atomic mass is 9.79. The number of hydrogen-bond donors (Lipinski definition) is 4. The van der Waals surface area contributed by atoms with Crippen LogP contribution in [0.3, 0.4) is 0 Å². The highest BCUT2D eigenvalue weighted by atomic mass is 32.2. The van der Waals surface area contributed by atoms with E-state index in [-0.39, 0.29) is 18.4 Å². The highest BCUT2D eigenvalue weighted by Crippen LogP contribution is 2.22. The Bertz CT molecular complexity index is 935. The molecule has 1 aliphatic heterocycles. The predicted octanol–water partition coefficient (Wildman–Crippen LogP) is 0.832. The van der Waals surface area contributed by atoms with E-state index in [1.54, 1.807) is 30.3 Å². The maximum absolute atomic E-state index is 12.9. The van der Waals surface area contributed by atoms with Gasteiger partial charge in [0.2, 0.25) is 5.91 Å². The van der Waals surface area contributed by atoms with Gasteiger partial charge in [0.15, 0.2) is 11.0 Å². The third kappa shape index (κ3) is 4.06. The number of rotatable bonds is 6. The van der Waals surface area contributed by atoms with E-state index < -0.39 is 18.1 Å². The number of anilines is 2. The van der Waals surface area contributed by atoms with Crippen LogP contribution in [0.1, 0.15) is 30.4 Å². The smallest absolute Gasteiger partial charge is 0.423 e. The van der Waals surface area contributed by atoms with Crippen LogP contribution >= 0.6 is 0 Å². The van der Waals surface area contributed by atoms with Gasteiger partial charge in [0.1, 0.15) is 0 Å². The molecule has 7 nitrogen and oxygen atoms in total. The van der Waals surface area contributed by atoms with Crippen LogP contribution in [0.4, 0.5) is 11.4 Å². The van der Waals surface area contributed by atoms with E-state index in [0.717, 1.165) is 24.8 Å². The van der Waals surface area contributed by atoms with E-state index in [1.807, 2.05) is 6.07 Å². The lowest BCUT2D eigenvalue weighted by Crippen LogP contribution is -2.40. The number of nitrogens with one attached hydrogen (secondary N) is 2. The first-order chi connectivity index (χ1) is 13.5. The van der Waals surface area contributed by atoms with Crippen molar-refractivity contribution in [3.05, 3.63) is 47.5 Å². The summed E-state index contributed by atoms with van der Waals surface area (Å²) in [5.74, 6) is -0.0913. The van der Waals surface area contributed by atoms with Crippen LogP contribution < -0.4 is 21.2 Å². The second-order valence-corrected chi connectivity index (χ2v) is 8.37. The maximum Gasteiger partial charge on any atom is 0.491 e. The largest absolute Gasteiger partial charge is 0.491 e. The summed E-state index contributed by atoms with van der Waals surface area (Å²) in [6.07, 6.45) is 3.29. The molecular formula is C19H22BN3O4S. The fourth-order valence-corrected chi connectivity index (χ4v) is 4.37. The van der Waals surface area contributed by atoms with Gasteiger partial charge in [-0.15, -0.1) is 0 Å². The first-order valence-electron chi connectivity index (χ1n) is 9.28. The van der Waals surface area contributed by atoms with Crippen LogP contribution in [0.5, 0.6) is 0 Å². The zero-order valence-corrected chi connectivity index (χ0v) is 16.1. The van der Waals surface area contributed by atoms with E-state index >= 15 is 0 Å². The third-order valence-corrected chi connectivity index (χ3v) is 6.34. The van der Waals surface area contributed by atoms with Crippen LogP contribution in [0, 0.1) is 0 Å². The standard InChI is InChI=1S/C19H22BN3O4S/c21-14-5-7-18(13(8-14)9-19(24)22-15-2-1-3-15)28(26)23-16-6-4-12-11-27-20(25)17(12)10-16/h4-8,10,15,23,25H,1-3,9,11,21H2,(H,22,24). The summed E-state index contributed by atoms with van der Waals surface area (Å²) in [5.41, 5.74) is 9.20. The quantitative estimate of drug-likeness (QED) is 0.425. The van der Waals surface area contributed by atoms with E-state index in [9.17, 15) is 14.0 Å². The van der Waals surface area contributed by atoms with Crippen LogP contribution in [-0.2, 0) is 33.5 Å². The molecule has 0 bridgehead atoms. The van der Waals surface area contributed by atoms with Crippen LogP contribution in [0.15, 0.2) is 41.3 Å². The number of nitrogens with two attached hydrogens (primary N) is 1. The van der Waals surface area contributed by atoms with E-state index in [4.69, 9.17) is 10.4 Å². The number of nitrogen functional groups attached to an aromatic ring is 1. The molecular weight excluding hydrogens is 377 g/mol. The Balaban J connectivity index is 1.50. The number of carbonyl (C=O) groups is 1. The van der Waals surface area contributed by atoms with Crippen molar-refractivity contribution in [3.63, 3.8) is 0 Å². The van der Waals surface area contributed by atoms with Crippen molar-refractivity contribution >= 4 is 40.8 Å². The molecule has 1 fully saturated rings. The van der Waals surface area contributed by atoms with Crippen molar-refractivity contribution < 1.29 is 18.7 Å². The van der Waals surface area contributed by atoms with E-state index in [2.05, 4.69) is 10.0 Å². The minimum Gasteiger partial charge on any atom is -0.423 e. The van der Waals surface area contributed by atoms with Gasteiger partial charge in [0.25, 0.3) is 0 Å². The van der Waals surface area contributed by atoms with Gasteiger partial charge in [-0.3, -0.25) is 4.79 Å². The molecule has 0 spiro atoms. The Hall–Kier alpha value is -2.36. The lowest BCUT2D eigenvalue weighted by Gasteiger charge is -2.26. The van der Waals surface area contributed by atoms with Crippen LogP contribution in [-0.4, -0.2) is 28.3 Å². The first kappa shape index (κ1) is 19.0. The third-order valence-electron chi connectivity index (χ3n) is 5.12. The molecule has 146 valence electrons. The molecule has 1 unspecified atom stereocenters. The second kappa shape index (κ2) is 7.94. The molecule has 1 amide bonds. The first-order valence-corrected chi connectivity index (χ1v) is 10.4. The van der Waals surface area contributed by atoms with Crippen molar-refractivity contribution in [2.75, 3.05) is 10.5 Å². The summed E-state index contributed by atoms with van der Waals surface area (Å²) in [5, 5.41) is 12.8. The average Bonchev–Trinajstić information content (AvgIpc) is 2.99. The molecule has 2 aliphatic rings. The number of carbonyl (C=O) groups excluding carboxylic acids is 1. The molecule has 2 aromatic rings. The zero-order chi connectivity index (χ0) is 19.7. The van der Waals surface area contributed by atoms with Crippen LogP contribution in [0.2, 0.25) is 0 Å². The monoisotopic (exact) mass is 399 g/mol. The maximum atomic E-state index is 12.9. The Morgan fingerprint density at radius 2 is 2.11 bits per heavy atom. The lowest BCUT2D eigenvalue weighted by molar-refractivity contribution is -0.121. The minimum absolute atomic E-state index is 0.0913. The van der Waals surface area contributed by atoms with Gasteiger partial charge in [0.05, 0.1) is 17.9 Å². The fraction of sp³-hybridized carbons (Fsp3) is 0.316. The molecule has 1 atom stereocenters. The summed E-state index contributed by atoms with van der Waals surface area (Å²) in [6, 6.07) is 10.6. The van der Waals surface area contributed by atoms with Gasteiger partial charge in [-0.25, -0.2) is 4.21 Å². The van der Waals surface area contributed by atoms with E-state index in [1.165, 1.54) is 0 Å². The molecule has 28 heavy (non-hydrogen) atoms. The molecule has 0 radical (unpaired) electrons. The highest BCUT2D eigenvalue weighted by molar-refractivity contribution is 7.86. The summed E-state index contributed by atoms with van der Waals surface area (Å²) < 4.78 is 21.1. The molecule has 1 saturated carbocycles. The molecule has 1 heterocycles. The predicted molar refractivity (Wildman–Crippen MR) is 109 cm³/mol. The van der Waals surface area contributed by atoms with Crippen LogP contribution in [0.25, 0.3) is 0 Å². The Morgan fingerprint density at radius 3 is 2.86 bits per heavy atom. The molecule has 2 aromatic carbocycles. The molecule has 0 saturated heterocycles. The van der Waals surface area contributed by atoms with Crippen molar-refractivity contribution in [2.45, 2.75) is 43.2 Å². The van der Waals surface area contributed by atoms with Crippen molar-refractivity contribution in [1.82, 2.24) is 5.32 Å². The normalized spacial score (nSPS) is 17.0. The number of hydrogen-bond acceptors (Lipinski definition) is 5. The zero-order valence-electron chi connectivity index (χ0n) is 15.3. The number of benzene rings is 2. The Labute approximate surface area is 166 Å². The van der Waals surface area contributed by atoms with Crippen molar-refractivity contribution in [3.8, 4) is 0 Å². The fourth-order valence-electron chi connectivity index (χ4n) is 3.36. The number of fused-ring (bicyclic) bond motifs is 1.